The molecule has 0 saturated heterocycles. The van der Waals surface area contributed by atoms with E-state index in [1.165, 1.54) is 11.1 Å². The molecule has 4 nitrogen and oxygen atoms in total. The van der Waals surface area contributed by atoms with Crippen molar-refractivity contribution < 1.29 is 14.3 Å². The monoisotopic (exact) mass is 373 g/mol. The van der Waals surface area contributed by atoms with Crippen molar-refractivity contribution in [3.8, 4) is 11.5 Å². The van der Waals surface area contributed by atoms with Crippen molar-refractivity contribution in [2.45, 2.75) is 32.1 Å². The van der Waals surface area contributed by atoms with Crippen molar-refractivity contribution in [1.29, 1.82) is 0 Å². The Kier molecular flexibility index (Phi) is 8.35. The van der Waals surface area contributed by atoms with Crippen LogP contribution in [0.2, 0.25) is 0 Å². The fraction of sp³-hybridized carbons (Fsp3) is 0.381. The molecule has 5 heteroatoms. The van der Waals surface area contributed by atoms with Crippen molar-refractivity contribution in [2.75, 3.05) is 19.4 Å². The van der Waals surface area contributed by atoms with Gasteiger partial charge in [0, 0.05) is 18.1 Å². The highest BCUT2D eigenvalue weighted by Gasteiger charge is 2.19. The van der Waals surface area contributed by atoms with Gasteiger partial charge in [-0.3, -0.25) is 4.79 Å². The molecule has 1 amide bonds. The van der Waals surface area contributed by atoms with Crippen LogP contribution in [0.5, 0.6) is 11.5 Å². The van der Waals surface area contributed by atoms with Crippen LogP contribution in [0.15, 0.2) is 48.5 Å². The third-order valence-electron chi connectivity index (χ3n) is 3.94. The van der Waals surface area contributed by atoms with Crippen LogP contribution in [0.1, 0.15) is 24.5 Å². The Labute approximate surface area is 160 Å². The summed E-state index contributed by atoms with van der Waals surface area (Å²) >= 11 is 1.81. The second kappa shape index (κ2) is 10.8. The van der Waals surface area contributed by atoms with Gasteiger partial charge in [0.1, 0.15) is 0 Å². The predicted molar refractivity (Wildman–Crippen MR) is 108 cm³/mol. The molecular weight excluding hydrogens is 346 g/mol. The number of ether oxygens (including phenoxy) is 2. The van der Waals surface area contributed by atoms with Crippen LogP contribution < -0.4 is 14.8 Å². The van der Waals surface area contributed by atoms with Gasteiger partial charge in [-0.1, -0.05) is 48.9 Å². The zero-order valence-electron chi connectivity index (χ0n) is 15.7. The lowest BCUT2D eigenvalue weighted by Gasteiger charge is -2.18. The first-order valence-electron chi connectivity index (χ1n) is 8.84. The summed E-state index contributed by atoms with van der Waals surface area (Å²) in [4.78, 5) is 12.4. The number of nitrogens with one attached hydrogen (secondary N) is 1. The van der Waals surface area contributed by atoms with Gasteiger partial charge in [-0.15, -0.1) is 0 Å². The molecule has 2 aromatic rings. The van der Waals surface area contributed by atoms with E-state index in [9.17, 15) is 4.79 Å². The number of aryl methyl sites for hydroxylation is 1. The minimum atomic E-state index is -0.520. The number of carbonyl (C=O) groups is 1. The molecule has 0 fully saturated rings. The number of thioether (sulfide) groups is 1. The van der Waals surface area contributed by atoms with E-state index in [-0.39, 0.29) is 5.91 Å². The minimum absolute atomic E-state index is 0.0886. The van der Waals surface area contributed by atoms with Crippen molar-refractivity contribution in [1.82, 2.24) is 5.32 Å². The first kappa shape index (κ1) is 20.2. The first-order chi connectivity index (χ1) is 12.6. The van der Waals surface area contributed by atoms with E-state index in [0.29, 0.717) is 24.5 Å². The molecule has 1 atom stereocenters. The number of amides is 1. The maximum Gasteiger partial charge on any atom is 0.261 e. The molecule has 0 spiro atoms. The topological polar surface area (TPSA) is 47.6 Å². The summed E-state index contributed by atoms with van der Waals surface area (Å²) in [6, 6.07) is 15.9. The van der Waals surface area contributed by atoms with E-state index in [0.717, 1.165) is 11.5 Å². The van der Waals surface area contributed by atoms with E-state index in [1.54, 1.807) is 7.11 Å². The minimum Gasteiger partial charge on any atom is -0.493 e. The molecule has 0 saturated carbocycles. The molecule has 0 aliphatic heterocycles. The molecule has 0 heterocycles. The summed E-state index contributed by atoms with van der Waals surface area (Å²) in [5, 5.41) is 2.96. The maximum atomic E-state index is 12.4. The molecule has 140 valence electrons. The highest BCUT2D eigenvalue weighted by atomic mass is 32.2. The summed E-state index contributed by atoms with van der Waals surface area (Å²) in [6.45, 7) is 4.65. The van der Waals surface area contributed by atoms with Gasteiger partial charge < -0.3 is 14.8 Å². The van der Waals surface area contributed by atoms with Gasteiger partial charge in [-0.05, 0) is 31.0 Å². The van der Waals surface area contributed by atoms with Crippen LogP contribution in [-0.4, -0.2) is 31.4 Å². The van der Waals surface area contributed by atoms with E-state index in [4.69, 9.17) is 9.47 Å². The second-order valence-corrected chi connectivity index (χ2v) is 7.10. The lowest BCUT2D eigenvalue weighted by Crippen LogP contribution is -2.39. The number of hydrogen-bond acceptors (Lipinski definition) is 4. The standard InChI is InChI=1S/C21H27NO3S/c1-4-18(25-20-8-6-5-7-19(20)24-3)21(23)22-13-14-26-15-17-11-9-16(2)10-12-17/h5-12,18H,4,13-15H2,1-3H3,(H,22,23)/t18-/m1/s1. The quantitative estimate of drug-likeness (QED) is 0.634. The molecule has 0 unspecified atom stereocenters. The maximum absolute atomic E-state index is 12.4. The second-order valence-electron chi connectivity index (χ2n) is 5.99. The van der Waals surface area contributed by atoms with Gasteiger partial charge in [0.2, 0.25) is 0 Å². The number of hydrogen-bond donors (Lipinski definition) is 1. The Morgan fingerprint density at radius 3 is 2.46 bits per heavy atom. The fourth-order valence-electron chi connectivity index (χ4n) is 2.43. The summed E-state index contributed by atoms with van der Waals surface area (Å²) in [5.74, 6) is 2.95. The largest absolute Gasteiger partial charge is 0.493 e. The fourth-order valence-corrected chi connectivity index (χ4v) is 3.25. The van der Waals surface area contributed by atoms with Crippen molar-refractivity contribution in [3.05, 3.63) is 59.7 Å². The van der Waals surface area contributed by atoms with Gasteiger partial charge in [0.15, 0.2) is 17.6 Å². The number of para-hydroxylation sites is 2. The molecule has 2 aromatic carbocycles. The van der Waals surface area contributed by atoms with E-state index < -0.39 is 6.10 Å². The van der Waals surface area contributed by atoms with Gasteiger partial charge >= 0.3 is 0 Å². The number of rotatable bonds is 10. The molecule has 0 bridgehead atoms. The Bertz CT molecular complexity index is 688. The van der Waals surface area contributed by atoms with Crippen molar-refractivity contribution in [3.63, 3.8) is 0 Å². The van der Waals surface area contributed by atoms with E-state index in [1.807, 2.05) is 43.0 Å². The highest BCUT2D eigenvalue weighted by molar-refractivity contribution is 7.98. The molecule has 0 aliphatic carbocycles. The van der Waals surface area contributed by atoms with E-state index >= 15 is 0 Å². The number of carbonyl (C=O) groups excluding carboxylic acids is 1. The Hall–Kier alpha value is -2.14. The third-order valence-corrected chi connectivity index (χ3v) is 4.97. The van der Waals surface area contributed by atoms with Crippen molar-refractivity contribution in [2.24, 2.45) is 0 Å². The Balaban J connectivity index is 1.73. The van der Waals surface area contributed by atoms with Crippen LogP contribution >= 0.6 is 11.8 Å². The SMILES string of the molecule is CC[C@@H](Oc1ccccc1OC)C(=O)NCCSCc1ccc(C)cc1. The van der Waals surface area contributed by atoms with Crippen LogP contribution in [-0.2, 0) is 10.5 Å². The molecule has 1 N–H and O–H groups in total. The normalized spacial score (nSPS) is 11.7. The highest BCUT2D eigenvalue weighted by Crippen LogP contribution is 2.27. The van der Waals surface area contributed by atoms with Gasteiger partial charge in [0.25, 0.3) is 5.91 Å². The van der Waals surface area contributed by atoms with Crippen LogP contribution in [0.25, 0.3) is 0 Å². The zero-order chi connectivity index (χ0) is 18.8. The van der Waals surface area contributed by atoms with Crippen LogP contribution in [0, 0.1) is 6.92 Å². The summed E-state index contributed by atoms with van der Waals surface area (Å²) in [6.07, 6.45) is 0.0776. The molecule has 0 aromatic heterocycles. The van der Waals surface area contributed by atoms with Crippen LogP contribution in [0.3, 0.4) is 0 Å². The molecule has 0 radical (unpaired) electrons. The Morgan fingerprint density at radius 1 is 1.12 bits per heavy atom. The smallest absolute Gasteiger partial charge is 0.261 e. The molecule has 0 aliphatic rings. The number of benzene rings is 2. The molecule has 2 rings (SSSR count). The predicted octanol–water partition coefficient (Wildman–Crippen LogP) is 4.21. The van der Waals surface area contributed by atoms with Gasteiger partial charge in [-0.2, -0.15) is 11.8 Å². The molecular formula is C21H27NO3S. The van der Waals surface area contributed by atoms with E-state index in [2.05, 4.69) is 36.5 Å². The molecule has 26 heavy (non-hydrogen) atoms. The summed E-state index contributed by atoms with van der Waals surface area (Å²) in [7, 11) is 1.59. The Morgan fingerprint density at radius 2 is 1.81 bits per heavy atom. The van der Waals surface area contributed by atoms with Gasteiger partial charge in [0.05, 0.1) is 7.11 Å². The third kappa shape index (κ3) is 6.30. The van der Waals surface area contributed by atoms with Crippen LogP contribution in [0.4, 0.5) is 0 Å². The average molecular weight is 374 g/mol. The van der Waals surface area contributed by atoms with Gasteiger partial charge in [-0.25, -0.2) is 0 Å². The average Bonchev–Trinajstić information content (AvgIpc) is 2.67. The van der Waals surface area contributed by atoms with Crippen molar-refractivity contribution >= 4 is 17.7 Å². The first-order valence-corrected chi connectivity index (χ1v) is 10.00. The zero-order valence-corrected chi connectivity index (χ0v) is 16.5. The lowest BCUT2D eigenvalue weighted by atomic mass is 10.2. The number of methoxy groups -OCH3 is 1. The lowest BCUT2D eigenvalue weighted by molar-refractivity contribution is -0.128. The summed E-state index contributed by atoms with van der Waals surface area (Å²) in [5.41, 5.74) is 2.57. The summed E-state index contributed by atoms with van der Waals surface area (Å²) < 4.78 is 11.1.